The molecule has 0 amide bonds. The number of hydrogen-bond acceptors (Lipinski definition) is 7. The molecule has 206 valence electrons. The third kappa shape index (κ3) is 5.03. The summed E-state index contributed by atoms with van der Waals surface area (Å²) in [5, 5.41) is 12.8. The van der Waals surface area contributed by atoms with Crippen LogP contribution in [0.25, 0.3) is 22.6 Å². The van der Waals surface area contributed by atoms with Crippen molar-refractivity contribution in [2.24, 2.45) is 7.05 Å². The van der Waals surface area contributed by atoms with Crippen molar-refractivity contribution in [1.82, 2.24) is 24.8 Å². The molecule has 9 nitrogen and oxygen atoms in total. The van der Waals surface area contributed by atoms with E-state index in [1.807, 2.05) is 13.0 Å². The van der Waals surface area contributed by atoms with Gasteiger partial charge < -0.3 is 18.5 Å². The van der Waals surface area contributed by atoms with Crippen molar-refractivity contribution in [3.05, 3.63) is 35.0 Å². The number of rotatable bonds is 8. The Morgan fingerprint density at radius 3 is 2.39 bits per heavy atom. The third-order valence-corrected chi connectivity index (χ3v) is 12.4. The number of nitrogens with zero attached hydrogens (tertiary/aromatic N) is 5. The largest absolute Gasteiger partial charge is 0.496 e. The van der Waals surface area contributed by atoms with E-state index < -0.39 is 8.32 Å². The van der Waals surface area contributed by atoms with E-state index in [2.05, 4.69) is 79.8 Å². The van der Waals surface area contributed by atoms with E-state index in [9.17, 15) is 4.79 Å². The zero-order valence-electron chi connectivity index (χ0n) is 24.4. The zero-order chi connectivity index (χ0) is 28.0. The number of ether oxygens (including phenoxy) is 2. The molecule has 0 spiro atoms. The molecular formula is C28H41N5O4Si. The van der Waals surface area contributed by atoms with Crippen LogP contribution in [-0.4, -0.2) is 59.4 Å². The highest BCUT2D eigenvalue weighted by atomic mass is 28.4. The smallest absolute Gasteiger partial charge is 0.354 e. The first kappa shape index (κ1) is 28.0. The Morgan fingerprint density at radius 2 is 1.82 bits per heavy atom. The molecule has 4 rings (SSSR count). The van der Waals surface area contributed by atoms with Gasteiger partial charge in [0.05, 0.1) is 32.0 Å². The number of carbonyl (C=O) groups excluding carboxylic acids is 1. The summed E-state index contributed by atoms with van der Waals surface area (Å²) < 4.78 is 20.0. The molecule has 1 aliphatic heterocycles. The topological polar surface area (TPSA) is 93.3 Å². The monoisotopic (exact) mass is 539 g/mol. The Hall–Kier alpha value is -2.98. The lowest BCUT2D eigenvalue weighted by Gasteiger charge is -2.39. The summed E-state index contributed by atoms with van der Waals surface area (Å²) in [6.45, 7) is 19.0. The number of carbonyl (C=O) groups is 1. The highest BCUT2D eigenvalue weighted by Gasteiger charge is 2.40. The van der Waals surface area contributed by atoms with Gasteiger partial charge in [0, 0.05) is 24.1 Å². The average Bonchev–Trinajstić information content (AvgIpc) is 3.46. The number of benzene rings is 1. The van der Waals surface area contributed by atoms with Crippen LogP contribution in [0.3, 0.4) is 0 Å². The van der Waals surface area contributed by atoms with Gasteiger partial charge in [-0.15, -0.1) is 10.2 Å². The highest BCUT2D eigenvalue weighted by Crippen LogP contribution is 2.45. The van der Waals surface area contributed by atoms with E-state index in [0.717, 1.165) is 34.4 Å². The van der Waals surface area contributed by atoms with Crippen molar-refractivity contribution in [1.29, 1.82) is 0 Å². The summed E-state index contributed by atoms with van der Waals surface area (Å²) in [4.78, 5) is 14.5. The lowest BCUT2D eigenvalue weighted by Crippen LogP contribution is -2.44. The number of fused-ring (bicyclic) bond motifs is 3. The van der Waals surface area contributed by atoms with Crippen LogP contribution in [-0.2, 0) is 34.6 Å². The minimum absolute atomic E-state index is 0.0984. The summed E-state index contributed by atoms with van der Waals surface area (Å²) >= 11 is 0. The van der Waals surface area contributed by atoms with Gasteiger partial charge in [0.25, 0.3) is 0 Å². The zero-order valence-corrected chi connectivity index (χ0v) is 25.4. The standard InChI is InChI=1S/C28H41N5O4Si/c1-11-36-26(34)22-16-21(28(5,6)17-37-38(9,10)27(2,3)4)24-19-15-20(25-29-31-32(7)30-25)23(35-8)14-18(19)12-13-33(22)24/h14-16H,11-13,17H2,1-10H3. The van der Waals surface area contributed by atoms with Crippen molar-refractivity contribution in [3.8, 4) is 28.4 Å². The second-order valence-corrected chi connectivity index (χ2v) is 17.0. The van der Waals surface area contributed by atoms with Crippen molar-refractivity contribution in [2.45, 2.75) is 78.1 Å². The highest BCUT2D eigenvalue weighted by molar-refractivity contribution is 6.74. The fourth-order valence-electron chi connectivity index (χ4n) is 4.63. The molecule has 0 fully saturated rings. The minimum Gasteiger partial charge on any atom is -0.496 e. The van der Waals surface area contributed by atoms with Gasteiger partial charge in [-0.3, -0.25) is 0 Å². The summed E-state index contributed by atoms with van der Waals surface area (Å²) in [6.07, 6.45) is 0.758. The van der Waals surface area contributed by atoms with Crippen LogP contribution >= 0.6 is 0 Å². The van der Waals surface area contributed by atoms with E-state index in [1.165, 1.54) is 4.80 Å². The van der Waals surface area contributed by atoms with Gasteiger partial charge in [0.15, 0.2) is 8.32 Å². The van der Waals surface area contributed by atoms with Crippen molar-refractivity contribution >= 4 is 14.3 Å². The lowest BCUT2D eigenvalue weighted by molar-refractivity contribution is 0.0513. The molecule has 0 bridgehead atoms. The Labute approximate surface area is 226 Å². The van der Waals surface area contributed by atoms with Crippen molar-refractivity contribution in [2.75, 3.05) is 20.3 Å². The average molecular weight is 540 g/mol. The Morgan fingerprint density at radius 1 is 1.11 bits per heavy atom. The first-order valence-corrected chi connectivity index (χ1v) is 16.1. The van der Waals surface area contributed by atoms with Crippen LogP contribution in [0.2, 0.25) is 18.1 Å². The summed E-state index contributed by atoms with van der Waals surface area (Å²) in [6, 6.07) is 6.13. The molecule has 10 heteroatoms. The van der Waals surface area contributed by atoms with Crippen molar-refractivity contribution in [3.63, 3.8) is 0 Å². The molecule has 0 saturated heterocycles. The Balaban J connectivity index is 1.89. The number of methoxy groups -OCH3 is 1. The van der Waals surface area contributed by atoms with Gasteiger partial charge in [-0.05, 0) is 66.0 Å². The van der Waals surface area contributed by atoms with E-state index >= 15 is 0 Å². The molecule has 3 aromatic rings. The van der Waals surface area contributed by atoms with Gasteiger partial charge >= 0.3 is 5.97 Å². The molecular weight excluding hydrogens is 498 g/mol. The summed E-state index contributed by atoms with van der Waals surface area (Å²) in [7, 11) is 1.40. The number of esters is 1. The van der Waals surface area contributed by atoms with E-state index in [1.54, 1.807) is 14.2 Å². The molecule has 0 unspecified atom stereocenters. The predicted octanol–water partition coefficient (Wildman–Crippen LogP) is 5.39. The van der Waals surface area contributed by atoms with Gasteiger partial charge in [-0.1, -0.05) is 34.6 Å². The molecule has 38 heavy (non-hydrogen) atoms. The van der Waals surface area contributed by atoms with E-state index in [4.69, 9.17) is 13.9 Å². The van der Waals surface area contributed by atoms with E-state index in [-0.39, 0.29) is 16.4 Å². The SMILES string of the molecule is CCOC(=O)c1cc(C(C)(C)CO[Si](C)(C)C(C)(C)C)c2n1CCc1cc(OC)c(-c3nnn(C)n3)cc1-2. The maximum absolute atomic E-state index is 13.1. The molecule has 0 N–H and O–H groups in total. The normalized spacial score (nSPS) is 13.7. The molecule has 3 heterocycles. The number of hydrogen-bond donors (Lipinski definition) is 0. The third-order valence-electron chi connectivity index (χ3n) is 7.95. The van der Waals surface area contributed by atoms with Crippen LogP contribution in [0, 0.1) is 0 Å². The fourth-order valence-corrected chi connectivity index (χ4v) is 5.79. The Bertz CT molecular complexity index is 1350. The van der Waals surface area contributed by atoms with Gasteiger partial charge in [-0.2, -0.15) is 4.80 Å². The minimum atomic E-state index is -1.99. The van der Waals surface area contributed by atoms with Gasteiger partial charge in [-0.25, -0.2) is 4.79 Å². The summed E-state index contributed by atoms with van der Waals surface area (Å²) in [5.41, 5.74) is 5.21. The second kappa shape index (κ2) is 9.96. The molecule has 0 aliphatic carbocycles. The van der Waals surface area contributed by atoms with Crippen LogP contribution in [0.1, 0.15) is 63.2 Å². The Kier molecular flexibility index (Phi) is 7.35. The lowest BCUT2D eigenvalue weighted by atomic mass is 9.82. The number of aromatic nitrogens is 5. The number of aryl methyl sites for hydroxylation is 2. The van der Waals surface area contributed by atoms with Crippen LogP contribution in [0.5, 0.6) is 5.75 Å². The van der Waals surface area contributed by atoms with Crippen LogP contribution in [0.4, 0.5) is 0 Å². The quantitative estimate of drug-likeness (QED) is 0.280. The number of tetrazole rings is 1. The molecule has 1 aromatic carbocycles. The predicted molar refractivity (Wildman–Crippen MR) is 150 cm³/mol. The first-order chi connectivity index (χ1) is 17.7. The van der Waals surface area contributed by atoms with Crippen LogP contribution < -0.4 is 4.74 Å². The van der Waals surface area contributed by atoms with Gasteiger partial charge in [0.2, 0.25) is 5.82 Å². The molecule has 0 saturated carbocycles. The molecule has 0 atom stereocenters. The first-order valence-electron chi connectivity index (χ1n) is 13.2. The van der Waals surface area contributed by atoms with Gasteiger partial charge in [0.1, 0.15) is 11.4 Å². The fraction of sp³-hybridized carbons (Fsp3) is 0.571. The molecule has 0 radical (unpaired) electrons. The molecule has 2 aromatic heterocycles. The van der Waals surface area contributed by atoms with E-state index in [0.29, 0.717) is 37.0 Å². The maximum Gasteiger partial charge on any atom is 0.354 e. The summed E-state index contributed by atoms with van der Waals surface area (Å²) in [5.74, 6) is 0.877. The molecule has 1 aliphatic rings. The second-order valence-electron chi connectivity index (χ2n) is 12.2. The van der Waals surface area contributed by atoms with Crippen LogP contribution in [0.15, 0.2) is 18.2 Å². The van der Waals surface area contributed by atoms with Crippen molar-refractivity contribution < 1.29 is 18.7 Å². The maximum atomic E-state index is 13.1.